The Bertz CT molecular complexity index is 678. The number of aromatic nitrogens is 2. The lowest BCUT2D eigenvalue weighted by Gasteiger charge is -2.32. The van der Waals surface area contributed by atoms with Crippen LogP contribution in [0.5, 0.6) is 11.6 Å². The molecule has 0 N–H and O–H groups in total. The Balaban J connectivity index is 1.58. The lowest BCUT2D eigenvalue weighted by Crippen LogP contribution is -2.45. The number of likely N-dealkylation sites (tertiary alicyclic amines) is 1. The van der Waals surface area contributed by atoms with Crippen LogP contribution < -0.4 is 9.47 Å². The fourth-order valence-electron chi connectivity index (χ4n) is 2.85. The van der Waals surface area contributed by atoms with Crippen LogP contribution in [0, 0.1) is 0 Å². The molecule has 1 fully saturated rings. The van der Waals surface area contributed by atoms with Crippen LogP contribution in [0.3, 0.4) is 0 Å². The third kappa shape index (κ3) is 4.22. The maximum absolute atomic E-state index is 12.6. The standard InChI is InChI=1S/C18H21N3O3/c1-23-15-6-2-5-14(11-15)12-18(22)21-10-4-7-16(13-21)24-17-8-3-9-19-20-17/h2-3,5-6,8-9,11,16H,4,7,10,12-13H2,1H3/t16-/m0/s1. The topological polar surface area (TPSA) is 64.5 Å². The molecule has 1 aromatic carbocycles. The molecule has 24 heavy (non-hydrogen) atoms. The van der Waals surface area contributed by atoms with Crippen molar-refractivity contribution in [3.8, 4) is 11.6 Å². The number of rotatable bonds is 5. The predicted molar refractivity (Wildman–Crippen MR) is 89.0 cm³/mol. The van der Waals surface area contributed by atoms with Crippen LogP contribution in [0.2, 0.25) is 0 Å². The largest absolute Gasteiger partial charge is 0.497 e. The van der Waals surface area contributed by atoms with Crippen LogP contribution in [0.15, 0.2) is 42.6 Å². The van der Waals surface area contributed by atoms with Gasteiger partial charge in [-0.05, 0) is 36.6 Å². The van der Waals surface area contributed by atoms with Gasteiger partial charge < -0.3 is 14.4 Å². The van der Waals surface area contributed by atoms with Crippen molar-refractivity contribution >= 4 is 5.91 Å². The highest BCUT2D eigenvalue weighted by Crippen LogP contribution is 2.18. The average Bonchev–Trinajstić information content (AvgIpc) is 2.63. The highest BCUT2D eigenvalue weighted by Gasteiger charge is 2.25. The lowest BCUT2D eigenvalue weighted by atomic mass is 10.1. The van der Waals surface area contributed by atoms with Gasteiger partial charge in [-0.25, -0.2) is 0 Å². The maximum Gasteiger partial charge on any atom is 0.233 e. The number of hydrogen-bond acceptors (Lipinski definition) is 5. The van der Waals surface area contributed by atoms with Gasteiger partial charge >= 0.3 is 0 Å². The molecule has 126 valence electrons. The zero-order valence-corrected chi connectivity index (χ0v) is 13.7. The molecule has 2 heterocycles. The number of ether oxygens (including phenoxy) is 2. The minimum atomic E-state index is -0.0373. The molecule has 0 radical (unpaired) electrons. The molecule has 6 nitrogen and oxygen atoms in total. The molecule has 1 aromatic heterocycles. The zero-order chi connectivity index (χ0) is 16.8. The Kier molecular flexibility index (Phi) is 5.25. The predicted octanol–water partition coefficient (Wildman–Crippen LogP) is 2.10. The van der Waals surface area contributed by atoms with Crippen LogP contribution in [0.1, 0.15) is 18.4 Å². The van der Waals surface area contributed by atoms with Crippen LogP contribution in [0.25, 0.3) is 0 Å². The Morgan fingerprint density at radius 1 is 1.33 bits per heavy atom. The number of carbonyl (C=O) groups is 1. The number of carbonyl (C=O) groups excluding carboxylic acids is 1. The number of benzene rings is 1. The molecule has 0 unspecified atom stereocenters. The molecular weight excluding hydrogens is 306 g/mol. The van der Waals surface area contributed by atoms with Crippen LogP contribution >= 0.6 is 0 Å². The van der Waals surface area contributed by atoms with E-state index in [-0.39, 0.29) is 12.0 Å². The summed E-state index contributed by atoms with van der Waals surface area (Å²) in [5.41, 5.74) is 0.955. The highest BCUT2D eigenvalue weighted by atomic mass is 16.5. The summed E-state index contributed by atoms with van der Waals surface area (Å²) in [6, 6.07) is 11.2. The quantitative estimate of drug-likeness (QED) is 0.841. The second-order valence-corrected chi connectivity index (χ2v) is 5.81. The number of hydrogen-bond donors (Lipinski definition) is 0. The van der Waals surface area contributed by atoms with E-state index in [0.717, 1.165) is 30.7 Å². The second-order valence-electron chi connectivity index (χ2n) is 5.81. The highest BCUT2D eigenvalue weighted by molar-refractivity contribution is 5.79. The van der Waals surface area contributed by atoms with E-state index in [0.29, 0.717) is 18.8 Å². The monoisotopic (exact) mass is 327 g/mol. The summed E-state index contributed by atoms with van der Waals surface area (Å²) in [6.07, 6.45) is 3.78. The van der Waals surface area contributed by atoms with E-state index in [1.165, 1.54) is 0 Å². The average molecular weight is 327 g/mol. The van der Waals surface area contributed by atoms with E-state index < -0.39 is 0 Å². The van der Waals surface area contributed by atoms with Crippen molar-refractivity contribution in [3.05, 3.63) is 48.2 Å². The van der Waals surface area contributed by atoms with Crippen molar-refractivity contribution in [1.82, 2.24) is 15.1 Å². The molecule has 1 saturated heterocycles. The molecule has 3 rings (SSSR count). The van der Waals surface area contributed by atoms with Gasteiger partial charge in [0.1, 0.15) is 11.9 Å². The molecule has 1 amide bonds. The van der Waals surface area contributed by atoms with Gasteiger partial charge in [0.05, 0.1) is 20.1 Å². The van der Waals surface area contributed by atoms with Gasteiger partial charge in [-0.3, -0.25) is 4.79 Å². The van der Waals surface area contributed by atoms with Crippen molar-refractivity contribution in [2.45, 2.75) is 25.4 Å². The second kappa shape index (κ2) is 7.77. The SMILES string of the molecule is COc1cccc(CC(=O)N2CCC[C@H](Oc3cccnn3)C2)c1. The molecule has 1 aliphatic heterocycles. The summed E-state index contributed by atoms with van der Waals surface area (Å²) in [4.78, 5) is 14.4. The van der Waals surface area contributed by atoms with Crippen LogP contribution in [-0.4, -0.2) is 47.3 Å². The summed E-state index contributed by atoms with van der Waals surface area (Å²) < 4.78 is 11.0. The number of methoxy groups -OCH3 is 1. The van der Waals surface area contributed by atoms with E-state index in [2.05, 4.69) is 10.2 Å². The zero-order valence-electron chi connectivity index (χ0n) is 13.7. The van der Waals surface area contributed by atoms with E-state index in [9.17, 15) is 4.79 Å². The molecule has 1 aliphatic rings. The van der Waals surface area contributed by atoms with E-state index in [1.807, 2.05) is 29.2 Å². The first-order chi connectivity index (χ1) is 11.7. The molecule has 0 bridgehead atoms. The summed E-state index contributed by atoms with van der Waals surface area (Å²) in [7, 11) is 1.62. The minimum Gasteiger partial charge on any atom is -0.497 e. The van der Waals surface area contributed by atoms with Crippen molar-refractivity contribution in [2.24, 2.45) is 0 Å². The number of amides is 1. The Morgan fingerprint density at radius 2 is 2.25 bits per heavy atom. The molecule has 0 aliphatic carbocycles. The first kappa shape index (κ1) is 16.2. The van der Waals surface area contributed by atoms with Crippen molar-refractivity contribution in [3.63, 3.8) is 0 Å². The van der Waals surface area contributed by atoms with Gasteiger partial charge in [0.15, 0.2) is 0 Å². The van der Waals surface area contributed by atoms with Gasteiger partial charge in [0.2, 0.25) is 11.8 Å². The first-order valence-corrected chi connectivity index (χ1v) is 8.09. The van der Waals surface area contributed by atoms with Crippen LogP contribution in [0.4, 0.5) is 0 Å². The Morgan fingerprint density at radius 3 is 3.04 bits per heavy atom. The van der Waals surface area contributed by atoms with E-state index in [1.54, 1.807) is 25.4 Å². The van der Waals surface area contributed by atoms with E-state index >= 15 is 0 Å². The molecule has 1 atom stereocenters. The maximum atomic E-state index is 12.6. The normalized spacial score (nSPS) is 17.4. The number of nitrogens with zero attached hydrogens (tertiary/aromatic N) is 3. The van der Waals surface area contributed by atoms with Crippen molar-refractivity contribution < 1.29 is 14.3 Å². The Hall–Kier alpha value is -2.63. The fourth-order valence-corrected chi connectivity index (χ4v) is 2.85. The number of piperidine rings is 1. The Labute approximate surface area is 141 Å². The van der Waals surface area contributed by atoms with Gasteiger partial charge in [-0.2, -0.15) is 5.10 Å². The van der Waals surface area contributed by atoms with Gasteiger partial charge in [0.25, 0.3) is 0 Å². The molecule has 6 heteroatoms. The van der Waals surface area contributed by atoms with Crippen molar-refractivity contribution in [1.29, 1.82) is 0 Å². The molecular formula is C18H21N3O3. The van der Waals surface area contributed by atoms with Gasteiger partial charge in [-0.15, -0.1) is 5.10 Å². The minimum absolute atomic E-state index is 0.0373. The summed E-state index contributed by atoms with van der Waals surface area (Å²) >= 11 is 0. The summed E-state index contributed by atoms with van der Waals surface area (Å²) in [5, 5.41) is 7.75. The third-order valence-corrected chi connectivity index (χ3v) is 4.06. The van der Waals surface area contributed by atoms with Gasteiger partial charge in [-0.1, -0.05) is 12.1 Å². The van der Waals surface area contributed by atoms with E-state index in [4.69, 9.17) is 9.47 Å². The molecule has 0 spiro atoms. The summed E-state index contributed by atoms with van der Waals surface area (Å²) in [5.74, 6) is 1.38. The lowest BCUT2D eigenvalue weighted by molar-refractivity contribution is -0.133. The van der Waals surface area contributed by atoms with Crippen LogP contribution in [-0.2, 0) is 11.2 Å². The summed E-state index contributed by atoms with van der Waals surface area (Å²) in [6.45, 7) is 1.35. The first-order valence-electron chi connectivity index (χ1n) is 8.09. The third-order valence-electron chi connectivity index (χ3n) is 4.06. The van der Waals surface area contributed by atoms with Crippen molar-refractivity contribution in [2.75, 3.05) is 20.2 Å². The molecule has 0 saturated carbocycles. The smallest absolute Gasteiger partial charge is 0.233 e. The molecule has 2 aromatic rings. The van der Waals surface area contributed by atoms with Gasteiger partial charge in [0, 0.05) is 18.8 Å². The fraction of sp³-hybridized carbons (Fsp3) is 0.389.